The van der Waals surface area contributed by atoms with Crippen molar-refractivity contribution in [2.75, 3.05) is 25.0 Å². The minimum atomic E-state index is -0.395. The normalized spacial score (nSPS) is 21.3. The van der Waals surface area contributed by atoms with Gasteiger partial charge in [-0.3, -0.25) is 9.69 Å². The minimum Gasteiger partial charge on any atom is -0.392 e. The predicted molar refractivity (Wildman–Crippen MR) is 93.1 cm³/mol. The third-order valence-electron chi connectivity index (χ3n) is 4.54. The quantitative estimate of drug-likeness (QED) is 0.888. The third kappa shape index (κ3) is 4.24. The first-order valence-electron chi connectivity index (χ1n) is 8.45. The number of nitrogens with zero attached hydrogens (tertiary/aromatic N) is 3. The highest BCUT2D eigenvalue weighted by Crippen LogP contribution is 2.19. The maximum absolute atomic E-state index is 13.1. The number of aliphatic hydroxyl groups excluding tert-OH is 1. The summed E-state index contributed by atoms with van der Waals surface area (Å²) in [6.45, 7) is 5.37. The molecule has 2 atom stereocenters. The summed E-state index contributed by atoms with van der Waals surface area (Å²) in [5.41, 5.74) is 1.42. The topological polar surface area (TPSA) is 70.4 Å². The molecule has 7 heteroatoms. The Bertz CT molecular complexity index is 744. The number of hydrogen-bond donors (Lipinski definition) is 2. The van der Waals surface area contributed by atoms with Gasteiger partial charge in [-0.05, 0) is 50.1 Å². The molecule has 1 saturated heterocycles. The Morgan fingerprint density at radius 1 is 1.40 bits per heavy atom. The number of nitrogens with one attached hydrogen (secondary N) is 1. The molecule has 0 bridgehead atoms. The number of rotatable bonds is 4. The summed E-state index contributed by atoms with van der Waals surface area (Å²) in [6, 6.07) is 7.70. The van der Waals surface area contributed by atoms with Crippen molar-refractivity contribution in [3.05, 3.63) is 41.8 Å². The number of anilines is 1. The number of carbonyl (C=O) groups excluding carboxylic acids is 1. The highest BCUT2D eigenvalue weighted by atomic mass is 19.1. The van der Waals surface area contributed by atoms with Crippen molar-refractivity contribution in [2.45, 2.75) is 26.4 Å². The van der Waals surface area contributed by atoms with Gasteiger partial charge in [-0.15, -0.1) is 0 Å². The van der Waals surface area contributed by atoms with Crippen LogP contribution in [0.25, 0.3) is 5.69 Å². The van der Waals surface area contributed by atoms with E-state index in [2.05, 4.69) is 10.4 Å². The van der Waals surface area contributed by atoms with E-state index in [-0.39, 0.29) is 24.2 Å². The number of aliphatic hydroxyl groups is 1. The Morgan fingerprint density at radius 3 is 2.80 bits per heavy atom. The molecule has 3 rings (SSSR count). The Kier molecular flexibility index (Phi) is 5.15. The van der Waals surface area contributed by atoms with Crippen LogP contribution >= 0.6 is 0 Å². The first kappa shape index (κ1) is 17.6. The molecule has 134 valence electrons. The van der Waals surface area contributed by atoms with E-state index in [1.807, 2.05) is 18.7 Å². The summed E-state index contributed by atoms with van der Waals surface area (Å²) in [6.07, 6.45) is 0.481. The van der Waals surface area contributed by atoms with Crippen LogP contribution in [0, 0.1) is 18.7 Å². The number of β-amino-alcohol motifs (C(OH)–C–C–N with tert-alkyl or cyclic N) is 1. The molecule has 1 fully saturated rings. The Morgan fingerprint density at radius 2 is 2.12 bits per heavy atom. The van der Waals surface area contributed by atoms with E-state index in [1.165, 1.54) is 12.1 Å². The third-order valence-corrected chi connectivity index (χ3v) is 4.54. The van der Waals surface area contributed by atoms with Crippen LogP contribution < -0.4 is 5.32 Å². The fourth-order valence-electron chi connectivity index (χ4n) is 3.01. The largest absolute Gasteiger partial charge is 0.392 e. The molecule has 2 heterocycles. The number of aryl methyl sites for hydroxylation is 1. The van der Waals surface area contributed by atoms with E-state index in [0.717, 1.165) is 18.7 Å². The van der Waals surface area contributed by atoms with Gasteiger partial charge in [0.2, 0.25) is 5.91 Å². The van der Waals surface area contributed by atoms with Gasteiger partial charge in [-0.25, -0.2) is 9.07 Å². The Labute approximate surface area is 146 Å². The second-order valence-corrected chi connectivity index (χ2v) is 6.68. The highest BCUT2D eigenvalue weighted by Gasteiger charge is 2.25. The lowest BCUT2D eigenvalue weighted by atomic mass is 9.96. The number of piperidine rings is 1. The van der Waals surface area contributed by atoms with Crippen LogP contribution in [-0.2, 0) is 4.79 Å². The van der Waals surface area contributed by atoms with Crippen molar-refractivity contribution in [1.82, 2.24) is 14.7 Å². The molecular weight excluding hydrogens is 323 g/mol. The molecule has 25 heavy (non-hydrogen) atoms. The van der Waals surface area contributed by atoms with Crippen LogP contribution in [0.15, 0.2) is 30.3 Å². The van der Waals surface area contributed by atoms with Crippen LogP contribution in [0.4, 0.5) is 10.2 Å². The van der Waals surface area contributed by atoms with Crippen molar-refractivity contribution in [1.29, 1.82) is 0 Å². The molecule has 6 nitrogen and oxygen atoms in total. The van der Waals surface area contributed by atoms with Gasteiger partial charge in [-0.1, -0.05) is 6.92 Å². The van der Waals surface area contributed by atoms with Crippen molar-refractivity contribution >= 4 is 11.7 Å². The van der Waals surface area contributed by atoms with Crippen molar-refractivity contribution < 1.29 is 14.3 Å². The number of benzene rings is 1. The molecular formula is C18H23FN4O2. The number of amides is 1. The van der Waals surface area contributed by atoms with Gasteiger partial charge in [0.1, 0.15) is 11.6 Å². The van der Waals surface area contributed by atoms with Gasteiger partial charge < -0.3 is 10.4 Å². The SMILES string of the molecule is Cc1cc(NC(=O)CN2CCC(C)C(O)C2)n(-c2ccc(F)cc2)n1. The maximum Gasteiger partial charge on any atom is 0.239 e. The van der Waals surface area contributed by atoms with E-state index in [0.29, 0.717) is 18.1 Å². The van der Waals surface area contributed by atoms with Gasteiger partial charge in [0.05, 0.1) is 24.0 Å². The van der Waals surface area contributed by atoms with Gasteiger partial charge in [0, 0.05) is 12.6 Å². The summed E-state index contributed by atoms with van der Waals surface area (Å²) in [4.78, 5) is 14.3. The number of carbonyl (C=O) groups is 1. The van der Waals surface area contributed by atoms with Crippen molar-refractivity contribution in [2.24, 2.45) is 5.92 Å². The first-order valence-corrected chi connectivity index (χ1v) is 8.45. The average molecular weight is 346 g/mol. The lowest BCUT2D eigenvalue weighted by Gasteiger charge is -2.33. The predicted octanol–water partition coefficient (Wildman–Crippen LogP) is 1.96. The fourth-order valence-corrected chi connectivity index (χ4v) is 3.01. The molecule has 0 spiro atoms. The smallest absolute Gasteiger partial charge is 0.239 e. The number of likely N-dealkylation sites (tertiary alicyclic amines) is 1. The van der Waals surface area contributed by atoms with E-state index in [9.17, 15) is 14.3 Å². The molecule has 1 amide bonds. The Hall–Kier alpha value is -2.25. The molecule has 0 saturated carbocycles. The average Bonchev–Trinajstić information content (AvgIpc) is 2.92. The molecule has 0 radical (unpaired) electrons. The standard InChI is InChI=1S/C18H23FN4O2/c1-12-7-8-22(10-16(12)24)11-18(25)20-17-9-13(2)21-23(17)15-5-3-14(19)4-6-15/h3-6,9,12,16,24H,7-8,10-11H2,1-2H3,(H,20,25). The van der Waals surface area contributed by atoms with Crippen molar-refractivity contribution in [3.63, 3.8) is 0 Å². The van der Waals surface area contributed by atoms with Gasteiger partial charge in [0.15, 0.2) is 0 Å². The lowest BCUT2D eigenvalue weighted by molar-refractivity contribution is -0.118. The van der Waals surface area contributed by atoms with Crippen LogP contribution in [0.3, 0.4) is 0 Å². The summed E-state index contributed by atoms with van der Waals surface area (Å²) in [5, 5.41) is 17.2. The monoisotopic (exact) mass is 346 g/mol. The molecule has 1 aromatic heterocycles. The second kappa shape index (κ2) is 7.33. The summed E-state index contributed by atoms with van der Waals surface area (Å²) < 4.78 is 14.7. The first-order chi connectivity index (χ1) is 11.9. The van der Waals surface area contributed by atoms with E-state index in [1.54, 1.807) is 22.9 Å². The molecule has 2 unspecified atom stereocenters. The van der Waals surface area contributed by atoms with Gasteiger partial charge >= 0.3 is 0 Å². The maximum atomic E-state index is 13.1. The molecule has 1 aromatic carbocycles. The zero-order valence-corrected chi connectivity index (χ0v) is 14.4. The van der Waals surface area contributed by atoms with Crippen LogP contribution in [0.1, 0.15) is 19.0 Å². The van der Waals surface area contributed by atoms with E-state index in [4.69, 9.17) is 0 Å². The van der Waals surface area contributed by atoms with Gasteiger partial charge in [-0.2, -0.15) is 5.10 Å². The molecule has 1 aliphatic rings. The summed E-state index contributed by atoms with van der Waals surface area (Å²) in [5.74, 6) is 0.322. The van der Waals surface area contributed by atoms with Crippen LogP contribution in [-0.4, -0.2) is 51.4 Å². The Balaban J connectivity index is 1.68. The zero-order chi connectivity index (χ0) is 18.0. The molecule has 1 aliphatic heterocycles. The molecule has 2 N–H and O–H groups in total. The lowest BCUT2D eigenvalue weighted by Crippen LogP contribution is -2.45. The van der Waals surface area contributed by atoms with Gasteiger partial charge in [0.25, 0.3) is 0 Å². The number of hydrogen-bond acceptors (Lipinski definition) is 4. The zero-order valence-electron chi connectivity index (χ0n) is 14.4. The van der Waals surface area contributed by atoms with E-state index < -0.39 is 6.10 Å². The van der Waals surface area contributed by atoms with E-state index >= 15 is 0 Å². The number of halogens is 1. The van der Waals surface area contributed by atoms with Crippen LogP contribution in [0.2, 0.25) is 0 Å². The second-order valence-electron chi connectivity index (χ2n) is 6.68. The summed E-state index contributed by atoms with van der Waals surface area (Å²) in [7, 11) is 0. The van der Waals surface area contributed by atoms with Crippen LogP contribution in [0.5, 0.6) is 0 Å². The fraction of sp³-hybridized carbons (Fsp3) is 0.444. The minimum absolute atomic E-state index is 0.162. The highest BCUT2D eigenvalue weighted by molar-refractivity contribution is 5.91. The molecule has 2 aromatic rings. The molecule has 0 aliphatic carbocycles. The summed E-state index contributed by atoms with van der Waals surface area (Å²) >= 11 is 0. The number of aromatic nitrogens is 2. The van der Waals surface area contributed by atoms with Crippen molar-refractivity contribution in [3.8, 4) is 5.69 Å².